The van der Waals surface area contributed by atoms with Crippen LogP contribution in [0.1, 0.15) is 35.2 Å². The van der Waals surface area contributed by atoms with Crippen LogP contribution in [0, 0.1) is 13.8 Å². The molecular weight excluding hydrogens is 352 g/mol. The smallest absolute Gasteiger partial charge is 0.317 e. The fourth-order valence-corrected chi connectivity index (χ4v) is 3.29. The van der Waals surface area contributed by atoms with Crippen LogP contribution in [0.25, 0.3) is 0 Å². The van der Waals surface area contributed by atoms with Crippen molar-refractivity contribution in [3.05, 3.63) is 71.6 Å². The van der Waals surface area contributed by atoms with Crippen LogP contribution in [-0.2, 0) is 13.6 Å². The third-order valence-corrected chi connectivity index (χ3v) is 4.83. The molecular formula is C21H28N6O. The molecule has 1 atom stereocenters. The molecule has 148 valence electrons. The lowest BCUT2D eigenvalue weighted by Gasteiger charge is -2.24. The fourth-order valence-electron chi connectivity index (χ4n) is 3.29. The van der Waals surface area contributed by atoms with Crippen LogP contribution in [0.2, 0.25) is 0 Å². The van der Waals surface area contributed by atoms with Gasteiger partial charge in [0.1, 0.15) is 11.9 Å². The summed E-state index contributed by atoms with van der Waals surface area (Å²) < 4.78 is 3.92. The number of aryl methyl sites for hydroxylation is 4. The quantitative estimate of drug-likeness (QED) is 0.685. The van der Waals surface area contributed by atoms with E-state index in [1.807, 2.05) is 73.7 Å². The molecule has 2 amide bonds. The third kappa shape index (κ3) is 4.60. The number of hydrogen-bond acceptors (Lipinski definition) is 3. The first-order valence-electron chi connectivity index (χ1n) is 9.50. The number of aromatic nitrogens is 4. The van der Waals surface area contributed by atoms with Gasteiger partial charge in [-0.05, 0) is 31.9 Å². The maximum Gasteiger partial charge on any atom is 0.317 e. The van der Waals surface area contributed by atoms with Crippen LogP contribution >= 0.6 is 0 Å². The number of rotatable bonds is 7. The van der Waals surface area contributed by atoms with Gasteiger partial charge in [-0.1, -0.05) is 30.3 Å². The Morgan fingerprint density at radius 1 is 1.25 bits per heavy atom. The molecule has 0 aliphatic carbocycles. The fraction of sp³-hybridized carbons (Fsp3) is 0.381. The van der Waals surface area contributed by atoms with Gasteiger partial charge in [-0.15, -0.1) is 0 Å². The normalized spacial score (nSPS) is 12.0. The Morgan fingerprint density at radius 2 is 2.00 bits per heavy atom. The van der Waals surface area contributed by atoms with Crippen molar-refractivity contribution in [1.29, 1.82) is 0 Å². The van der Waals surface area contributed by atoms with E-state index in [-0.39, 0.29) is 12.1 Å². The Morgan fingerprint density at radius 3 is 2.61 bits per heavy atom. The zero-order chi connectivity index (χ0) is 20.1. The standard InChI is InChI=1S/C21H28N6O/c1-16-15-17(2)27(24-16)13-8-12-26(4)21(28)23-19(18-9-6-5-7-10-18)20-22-11-14-25(20)3/h5-7,9-11,14-15,19H,8,12-13H2,1-4H3,(H,23,28)/t19-/m1/s1. The Balaban J connectivity index is 1.63. The van der Waals surface area contributed by atoms with Gasteiger partial charge in [0.25, 0.3) is 0 Å². The van der Waals surface area contributed by atoms with E-state index in [1.54, 1.807) is 11.1 Å². The number of carbonyl (C=O) groups is 1. The lowest BCUT2D eigenvalue weighted by atomic mass is 10.1. The number of imidazole rings is 1. The van der Waals surface area contributed by atoms with Crippen molar-refractivity contribution in [3.63, 3.8) is 0 Å². The molecule has 3 rings (SSSR count). The molecule has 0 unspecified atom stereocenters. The van der Waals surface area contributed by atoms with Gasteiger partial charge in [0.05, 0.1) is 5.69 Å². The number of hydrogen-bond donors (Lipinski definition) is 1. The van der Waals surface area contributed by atoms with Gasteiger partial charge in [-0.3, -0.25) is 4.68 Å². The van der Waals surface area contributed by atoms with Crippen LogP contribution in [0.3, 0.4) is 0 Å². The van der Waals surface area contributed by atoms with Gasteiger partial charge in [0.2, 0.25) is 0 Å². The highest BCUT2D eigenvalue weighted by molar-refractivity contribution is 5.74. The molecule has 0 bridgehead atoms. The highest BCUT2D eigenvalue weighted by atomic mass is 16.2. The van der Waals surface area contributed by atoms with Crippen LogP contribution in [0.15, 0.2) is 48.8 Å². The van der Waals surface area contributed by atoms with E-state index in [4.69, 9.17) is 0 Å². The first-order valence-corrected chi connectivity index (χ1v) is 9.50. The molecule has 0 fully saturated rings. The highest BCUT2D eigenvalue weighted by Gasteiger charge is 2.22. The maximum atomic E-state index is 12.8. The van der Waals surface area contributed by atoms with E-state index in [9.17, 15) is 4.79 Å². The second kappa shape index (κ2) is 8.73. The van der Waals surface area contributed by atoms with Gasteiger partial charge in [-0.25, -0.2) is 9.78 Å². The molecule has 7 heteroatoms. The zero-order valence-electron chi connectivity index (χ0n) is 17.0. The number of urea groups is 1. The maximum absolute atomic E-state index is 12.8. The number of carbonyl (C=O) groups excluding carboxylic acids is 1. The molecule has 3 aromatic rings. The summed E-state index contributed by atoms with van der Waals surface area (Å²) in [5, 5.41) is 7.59. The Bertz CT molecular complexity index is 914. The molecule has 0 spiro atoms. The first-order chi connectivity index (χ1) is 13.5. The van der Waals surface area contributed by atoms with E-state index in [1.165, 1.54) is 0 Å². The largest absolute Gasteiger partial charge is 0.336 e. The lowest BCUT2D eigenvalue weighted by Crippen LogP contribution is -2.41. The molecule has 0 radical (unpaired) electrons. The van der Waals surface area contributed by atoms with Gasteiger partial charge >= 0.3 is 6.03 Å². The van der Waals surface area contributed by atoms with Crippen molar-refractivity contribution in [2.75, 3.05) is 13.6 Å². The number of amides is 2. The number of nitrogens with one attached hydrogen (secondary N) is 1. The summed E-state index contributed by atoms with van der Waals surface area (Å²) in [6.45, 7) is 5.48. The SMILES string of the molecule is Cc1cc(C)n(CCCN(C)C(=O)N[C@H](c2ccccc2)c2nccn2C)n1. The summed E-state index contributed by atoms with van der Waals surface area (Å²) in [6, 6.07) is 11.5. The number of benzene rings is 1. The third-order valence-electron chi connectivity index (χ3n) is 4.83. The van der Waals surface area contributed by atoms with Crippen LogP contribution in [-0.4, -0.2) is 43.9 Å². The molecule has 0 saturated heterocycles. The van der Waals surface area contributed by atoms with Gasteiger partial charge in [0, 0.05) is 45.3 Å². The minimum absolute atomic E-state index is 0.120. The topological polar surface area (TPSA) is 68.0 Å². The van der Waals surface area contributed by atoms with Crippen molar-refractivity contribution in [3.8, 4) is 0 Å². The Kier molecular flexibility index (Phi) is 6.13. The van der Waals surface area contributed by atoms with Gasteiger partial charge in [-0.2, -0.15) is 5.10 Å². The monoisotopic (exact) mass is 380 g/mol. The van der Waals surface area contributed by atoms with E-state index < -0.39 is 0 Å². The Hall–Kier alpha value is -3.09. The summed E-state index contributed by atoms with van der Waals surface area (Å²) in [5.41, 5.74) is 3.16. The average Bonchev–Trinajstić information content (AvgIpc) is 3.24. The molecule has 0 aliphatic heterocycles. The van der Waals surface area contributed by atoms with Crippen LogP contribution in [0.4, 0.5) is 4.79 Å². The molecule has 2 heterocycles. The number of nitrogens with zero attached hydrogens (tertiary/aromatic N) is 5. The minimum Gasteiger partial charge on any atom is -0.336 e. The summed E-state index contributed by atoms with van der Waals surface area (Å²) in [7, 11) is 3.75. The van der Waals surface area contributed by atoms with Gasteiger partial charge < -0.3 is 14.8 Å². The summed E-state index contributed by atoms with van der Waals surface area (Å²) >= 11 is 0. The summed E-state index contributed by atoms with van der Waals surface area (Å²) in [6.07, 6.45) is 4.47. The van der Waals surface area contributed by atoms with Crippen molar-refractivity contribution in [2.24, 2.45) is 7.05 Å². The average molecular weight is 380 g/mol. The van der Waals surface area contributed by atoms with E-state index in [0.717, 1.165) is 35.7 Å². The van der Waals surface area contributed by atoms with Crippen molar-refractivity contribution in [2.45, 2.75) is 32.9 Å². The van der Waals surface area contributed by atoms with Crippen LogP contribution in [0.5, 0.6) is 0 Å². The van der Waals surface area contributed by atoms with Crippen molar-refractivity contribution < 1.29 is 4.79 Å². The van der Waals surface area contributed by atoms with E-state index >= 15 is 0 Å². The van der Waals surface area contributed by atoms with Crippen molar-refractivity contribution in [1.82, 2.24) is 29.5 Å². The molecule has 1 aromatic carbocycles. The molecule has 28 heavy (non-hydrogen) atoms. The highest BCUT2D eigenvalue weighted by Crippen LogP contribution is 2.20. The first kappa shape index (κ1) is 19.7. The summed E-state index contributed by atoms with van der Waals surface area (Å²) in [5.74, 6) is 0.801. The lowest BCUT2D eigenvalue weighted by molar-refractivity contribution is 0.204. The predicted octanol–water partition coefficient (Wildman–Crippen LogP) is 3.05. The molecule has 1 N–H and O–H groups in total. The van der Waals surface area contributed by atoms with Crippen molar-refractivity contribution >= 4 is 6.03 Å². The molecule has 0 saturated carbocycles. The molecule has 7 nitrogen and oxygen atoms in total. The van der Waals surface area contributed by atoms with E-state index in [0.29, 0.717) is 6.54 Å². The second-order valence-electron chi connectivity index (χ2n) is 7.11. The predicted molar refractivity (Wildman–Crippen MR) is 109 cm³/mol. The molecule has 0 aliphatic rings. The summed E-state index contributed by atoms with van der Waals surface area (Å²) in [4.78, 5) is 19.0. The molecule has 2 aromatic heterocycles. The second-order valence-corrected chi connectivity index (χ2v) is 7.11. The van der Waals surface area contributed by atoms with Crippen LogP contribution < -0.4 is 5.32 Å². The minimum atomic E-state index is -0.299. The van der Waals surface area contributed by atoms with Gasteiger partial charge in [0.15, 0.2) is 0 Å². The van der Waals surface area contributed by atoms with E-state index in [2.05, 4.69) is 21.5 Å². The zero-order valence-corrected chi connectivity index (χ0v) is 17.0. The Labute approximate surface area is 166 Å².